The van der Waals surface area contributed by atoms with Crippen LogP contribution in [0.2, 0.25) is 0 Å². The molecule has 1 aliphatic rings. The van der Waals surface area contributed by atoms with E-state index in [0.717, 1.165) is 29.1 Å². The number of Topliss-reactive ketones (excluding diaryl/α,β-unsaturated/α-hetero) is 1. The molecule has 1 saturated heterocycles. The van der Waals surface area contributed by atoms with Crippen LogP contribution in [0.4, 0.5) is 0 Å². The molecule has 1 aromatic heterocycles. The van der Waals surface area contributed by atoms with Crippen LogP contribution in [0, 0.1) is 5.92 Å². The second kappa shape index (κ2) is 7.35. The van der Waals surface area contributed by atoms with Gasteiger partial charge in [-0.2, -0.15) is 4.31 Å². The number of hydrogen-bond donors (Lipinski definition) is 0. The van der Waals surface area contributed by atoms with Crippen molar-refractivity contribution in [1.29, 1.82) is 0 Å². The molecular formula is C18H22N2O3S2. The quantitative estimate of drug-likeness (QED) is 0.773. The Kier molecular flexibility index (Phi) is 5.36. The number of carbonyl (C=O) groups is 1. The highest BCUT2D eigenvalue weighted by molar-refractivity contribution is 7.89. The molecule has 3 rings (SSSR count). The highest BCUT2D eigenvalue weighted by atomic mass is 32.2. The minimum absolute atomic E-state index is 0.00225. The Hall–Kier alpha value is -1.57. The monoisotopic (exact) mass is 378 g/mol. The van der Waals surface area contributed by atoms with Gasteiger partial charge < -0.3 is 0 Å². The molecule has 0 atom stereocenters. The summed E-state index contributed by atoms with van der Waals surface area (Å²) in [5.74, 6) is 0.176. The van der Waals surface area contributed by atoms with Gasteiger partial charge in [-0.3, -0.25) is 4.79 Å². The lowest BCUT2D eigenvalue weighted by atomic mass is 10.1. The van der Waals surface area contributed by atoms with Crippen molar-refractivity contribution >= 4 is 27.1 Å². The van der Waals surface area contributed by atoms with Crippen molar-refractivity contribution in [3.63, 3.8) is 0 Å². The standard InChI is InChI=1S/C18H22N2O3S2/c1-13(2)17(21)11-18-19-16(12-24-18)14-5-7-15(8-6-14)25(22,23)20-9-3-4-10-20/h5-8,12-13H,3-4,9-11H2,1-2H3. The number of thiazole rings is 1. The summed E-state index contributed by atoms with van der Waals surface area (Å²) in [6.45, 7) is 4.97. The molecule has 1 fully saturated rings. The number of nitrogens with zero attached hydrogens (tertiary/aromatic N) is 2. The summed E-state index contributed by atoms with van der Waals surface area (Å²) in [7, 11) is -3.39. The number of sulfonamides is 1. The van der Waals surface area contributed by atoms with Crippen LogP contribution in [0.5, 0.6) is 0 Å². The predicted molar refractivity (Wildman–Crippen MR) is 99.1 cm³/mol. The Bertz CT molecular complexity index is 849. The summed E-state index contributed by atoms with van der Waals surface area (Å²) in [5, 5.41) is 2.70. The number of ketones is 1. The molecule has 0 amide bonds. The summed E-state index contributed by atoms with van der Waals surface area (Å²) in [6, 6.07) is 6.85. The molecule has 0 radical (unpaired) electrons. The summed E-state index contributed by atoms with van der Waals surface area (Å²) in [4.78, 5) is 16.7. The first kappa shape index (κ1) is 18.2. The zero-order valence-electron chi connectivity index (χ0n) is 14.4. The zero-order valence-corrected chi connectivity index (χ0v) is 16.1. The third kappa shape index (κ3) is 3.99. The maximum Gasteiger partial charge on any atom is 0.243 e. The first-order valence-electron chi connectivity index (χ1n) is 8.45. The molecule has 0 N–H and O–H groups in total. The van der Waals surface area contributed by atoms with E-state index in [0.29, 0.717) is 24.4 Å². The molecule has 1 aliphatic heterocycles. The van der Waals surface area contributed by atoms with Gasteiger partial charge in [-0.15, -0.1) is 11.3 Å². The zero-order chi connectivity index (χ0) is 18.0. The molecule has 0 spiro atoms. The highest BCUT2D eigenvalue weighted by Gasteiger charge is 2.27. The Morgan fingerprint density at radius 2 is 1.84 bits per heavy atom. The van der Waals surface area contributed by atoms with Crippen LogP contribution in [0.3, 0.4) is 0 Å². The predicted octanol–water partition coefficient (Wildman–Crippen LogP) is 3.36. The van der Waals surface area contributed by atoms with Crippen LogP contribution in [-0.2, 0) is 21.2 Å². The van der Waals surface area contributed by atoms with Crippen LogP contribution in [0.1, 0.15) is 31.7 Å². The van der Waals surface area contributed by atoms with Gasteiger partial charge >= 0.3 is 0 Å². The van der Waals surface area contributed by atoms with Gasteiger partial charge in [0, 0.05) is 30.0 Å². The second-order valence-electron chi connectivity index (χ2n) is 6.56. The van der Waals surface area contributed by atoms with Crippen LogP contribution in [-0.4, -0.2) is 36.6 Å². The molecule has 25 heavy (non-hydrogen) atoms. The van der Waals surface area contributed by atoms with Gasteiger partial charge in [0.2, 0.25) is 10.0 Å². The number of aromatic nitrogens is 1. The van der Waals surface area contributed by atoms with Crippen molar-refractivity contribution in [1.82, 2.24) is 9.29 Å². The summed E-state index contributed by atoms with van der Waals surface area (Å²) < 4.78 is 26.6. The van der Waals surface area contributed by atoms with Gasteiger partial charge in [-0.25, -0.2) is 13.4 Å². The third-order valence-corrected chi connectivity index (χ3v) is 7.14. The van der Waals surface area contributed by atoms with E-state index in [9.17, 15) is 13.2 Å². The van der Waals surface area contributed by atoms with Crippen LogP contribution < -0.4 is 0 Å². The molecule has 0 aliphatic carbocycles. The average Bonchev–Trinajstić information content (AvgIpc) is 3.27. The minimum Gasteiger partial charge on any atom is -0.299 e. The minimum atomic E-state index is -3.39. The van der Waals surface area contributed by atoms with E-state index in [2.05, 4.69) is 4.98 Å². The SMILES string of the molecule is CC(C)C(=O)Cc1nc(-c2ccc(S(=O)(=O)N3CCCC3)cc2)cs1. The fraction of sp³-hybridized carbons (Fsp3) is 0.444. The van der Waals surface area contributed by atoms with Crippen molar-refractivity contribution in [3.05, 3.63) is 34.7 Å². The second-order valence-corrected chi connectivity index (χ2v) is 9.44. The Labute approximate surface area is 152 Å². The van der Waals surface area contributed by atoms with E-state index in [1.807, 2.05) is 19.2 Å². The van der Waals surface area contributed by atoms with E-state index in [1.54, 1.807) is 28.6 Å². The maximum atomic E-state index is 12.5. The molecule has 2 aromatic rings. The number of carbonyl (C=O) groups excluding carboxylic acids is 1. The van der Waals surface area contributed by atoms with Gasteiger partial charge in [-0.1, -0.05) is 26.0 Å². The Morgan fingerprint density at radius 3 is 2.44 bits per heavy atom. The molecule has 0 saturated carbocycles. The molecule has 0 bridgehead atoms. The summed E-state index contributed by atoms with van der Waals surface area (Å²) in [6.07, 6.45) is 2.20. The van der Waals surface area contributed by atoms with Crippen LogP contribution >= 0.6 is 11.3 Å². The first-order valence-corrected chi connectivity index (χ1v) is 10.8. The molecule has 1 aromatic carbocycles. The molecule has 7 heteroatoms. The topological polar surface area (TPSA) is 67.3 Å². The molecule has 134 valence electrons. The number of hydrogen-bond acceptors (Lipinski definition) is 5. The van der Waals surface area contributed by atoms with Crippen LogP contribution in [0.15, 0.2) is 34.5 Å². The smallest absolute Gasteiger partial charge is 0.243 e. The number of rotatable bonds is 6. The lowest BCUT2D eigenvalue weighted by Crippen LogP contribution is -2.27. The molecule has 5 nitrogen and oxygen atoms in total. The van der Waals surface area contributed by atoms with Crippen molar-refractivity contribution < 1.29 is 13.2 Å². The van der Waals surface area contributed by atoms with Gasteiger partial charge in [0.25, 0.3) is 0 Å². The average molecular weight is 379 g/mol. The van der Waals surface area contributed by atoms with Crippen molar-refractivity contribution in [3.8, 4) is 11.3 Å². The molecular weight excluding hydrogens is 356 g/mol. The summed E-state index contributed by atoms with van der Waals surface area (Å²) in [5.41, 5.74) is 1.64. The van der Waals surface area contributed by atoms with E-state index < -0.39 is 10.0 Å². The molecule has 0 unspecified atom stereocenters. The molecule has 2 heterocycles. The van der Waals surface area contributed by atoms with Crippen molar-refractivity contribution in [2.24, 2.45) is 5.92 Å². The fourth-order valence-corrected chi connectivity index (χ4v) is 5.08. The van der Waals surface area contributed by atoms with Crippen molar-refractivity contribution in [2.45, 2.75) is 38.0 Å². The Balaban J connectivity index is 1.77. The van der Waals surface area contributed by atoms with E-state index in [4.69, 9.17) is 0 Å². The Morgan fingerprint density at radius 1 is 1.20 bits per heavy atom. The summed E-state index contributed by atoms with van der Waals surface area (Å²) >= 11 is 1.46. The first-order chi connectivity index (χ1) is 11.9. The van der Waals surface area contributed by atoms with E-state index in [1.165, 1.54) is 11.3 Å². The normalized spacial score (nSPS) is 15.8. The van der Waals surface area contributed by atoms with Gasteiger partial charge in [0.15, 0.2) is 0 Å². The maximum absolute atomic E-state index is 12.5. The van der Waals surface area contributed by atoms with Crippen molar-refractivity contribution in [2.75, 3.05) is 13.1 Å². The van der Waals surface area contributed by atoms with Gasteiger partial charge in [-0.05, 0) is 25.0 Å². The van der Waals surface area contributed by atoms with Gasteiger partial charge in [0.05, 0.1) is 17.0 Å². The van der Waals surface area contributed by atoms with E-state index >= 15 is 0 Å². The highest BCUT2D eigenvalue weighted by Crippen LogP contribution is 2.26. The van der Waals surface area contributed by atoms with E-state index in [-0.39, 0.29) is 11.7 Å². The lowest BCUT2D eigenvalue weighted by Gasteiger charge is -2.15. The van der Waals surface area contributed by atoms with Gasteiger partial charge in [0.1, 0.15) is 10.8 Å². The lowest BCUT2D eigenvalue weighted by molar-refractivity contribution is -0.121. The number of benzene rings is 1. The fourth-order valence-electron chi connectivity index (χ4n) is 2.75. The van der Waals surface area contributed by atoms with Crippen LogP contribution in [0.25, 0.3) is 11.3 Å². The largest absolute Gasteiger partial charge is 0.299 e. The third-order valence-electron chi connectivity index (χ3n) is 4.37.